The normalized spacial score (nSPS) is 28.2. The van der Waals surface area contributed by atoms with E-state index in [0.717, 1.165) is 17.7 Å². The van der Waals surface area contributed by atoms with Gasteiger partial charge in [0.2, 0.25) is 12.3 Å². The van der Waals surface area contributed by atoms with Crippen LogP contribution in [0.5, 0.6) is 0 Å². The van der Waals surface area contributed by atoms with Gasteiger partial charge in [-0.3, -0.25) is 0 Å². The maximum atomic E-state index is 5.25. The van der Waals surface area contributed by atoms with Crippen LogP contribution in [0.4, 0.5) is 0 Å². The number of hydrogen-bond donors (Lipinski definition) is 0. The highest BCUT2D eigenvalue weighted by atomic mass is 16.4. The molecule has 14 heavy (non-hydrogen) atoms. The molecule has 0 radical (unpaired) electrons. The molecule has 1 aromatic rings. The van der Waals surface area contributed by atoms with E-state index in [1.807, 2.05) is 0 Å². The quantitative estimate of drug-likeness (QED) is 0.726. The molecule has 1 aliphatic rings. The zero-order valence-corrected chi connectivity index (χ0v) is 8.94. The Morgan fingerprint density at radius 1 is 1.29 bits per heavy atom. The molecule has 1 heterocycles. The van der Waals surface area contributed by atoms with E-state index in [1.54, 1.807) is 0 Å². The first-order valence-electron chi connectivity index (χ1n) is 5.53. The van der Waals surface area contributed by atoms with Crippen LogP contribution in [0.15, 0.2) is 10.8 Å². The van der Waals surface area contributed by atoms with Gasteiger partial charge in [0.25, 0.3) is 0 Å². The van der Waals surface area contributed by atoms with Crippen LogP contribution in [-0.4, -0.2) is 10.2 Å². The highest BCUT2D eigenvalue weighted by molar-refractivity contribution is 4.91. The van der Waals surface area contributed by atoms with Gasteiger partial charge in [-0.15, -0.1) is 10.2 Å². The summed E-state index contributed by atoms with van der Waals surface area (Å²) in [6.07, 6.45) is 6.48. The zero-order chi connectivity index (χ0) is 9.97. The van der Waals surface area contributed by atoms with Crippen LogP contribution in [-0.2, 0) is 0 Å². The predicted octanol–water partition coefficient (Wildman–Crippen LogP) is 3.00. The van der Waals surface area contributed by atoms with Crippen LogP contribution in [0, 0.1) is 11.8 Å². The zero-order valence-electron chi connectivity index (χ0n) is 8.94. The SMILES string of the molecule is CC(C)C1CCC(c2nnco2)CC1. The van der Waals surface area contributed by atoms with Gasteiger partial charge < -0.3 is 4.42 Å². The minimum atomic E-state index is 0.521. The second kappa shape index (κ2) is 4.11. The first-order valence-corrected chi connectivity index (χ1v) is 5.53. The molecule has 0 bridgehead atoms. The minimum Gasteiger partial charge on any atom is -0.428 e. The van der Waals surface area contributed by atoms with E-state index in [-0.39, 0.29) is 0 Å². The lowest BCUT2D eigenvalue weighted by Gasteiger charge is -2.28. The van der Waals surface area contributed by atoms with Crippen LogP contribution in [0.3, 0.4) is 0 Å². The van der Waals surface area contributed by atoms with Crippen LogP contribution < -0.4 is 0 Å². The van der Waals surface area contributed by atoms with Crippen molar-refractivity contribution < 1.29 is 4.42 Å². The van der Waals surface area contributed by atoms with Crippen LogP contribution in [0.2, 0.25) is 0 Å². The van der Waals surface area contributed by atoms with E-state index in [9.17, 15) is 0 Å². The van der Waals surface area contributed by atoms with Crippen molar-refractivity contribution in [2.75, 3.05) is 0 Å². The van der Waals surface area contributed by atoms with Crippen molar-refractivity contribution in [3.63, 3.8) is 0 Å². The maximum absolute atomic E-state index is 5.25. The maximum Gasteiger partial charge on any atom is 0.219 e. The monoisotopic (exact) mass is 194 g/mol. The second-order valence-electron chi connectivity index (χ2n) is 4.63. The molecular weight excluding hydrogens is 176 g/mol. The second-order valence-corrected chi connectivity index (χ2v) is 4.63. The predicted molar refractivity (Wildman–Crippen MR) is 53.8 cm³/mol. The Morgan fingerprint density at radius 2 is 2.00 bits per heavy atom. The molecule has 1 aliphatic carbocycles. The lowest BCUT2D eigenvalue weighted by atomic mass is 9.77. The lowest BCUT2D eigenvalue weighted by Crippen LogP contribution is -2.17. The molecule has 0 atom stereocenters. The van der Waals surface area contributed by atoms with Crippen molar-refractivity contribution in [2.24, 2.45) is 11.8 Å². The number of nitrogens with zero attached hydrogens (tertiary/aromatic N) is 2. The summed E-state index contributed by atoms with van der Waals surface area (Å²) in [5.74, 6) is 3.08. The molecule has 1 fully saturated rings. The van der Waals surface area contributed by atoms with Gasteiger partial charge in [0.15, 0.2) is 0 Å². The van der Waals surface area contributed by atoms with Gasteiger partial charge in [0.05, 0.1) is 0 Å². The third-order valence-corrected chi connectivity index (χ3v) is 3.44. The van der Waals surface area contributed by atoms with Crippen LogP contribution >= 0.6 is 0 Å². The average Bonchev–Trinajstić information content (AvgIpc) is 2.71. The summed E-state index contributed by atoms with van der Waals surface area (Å²) in [6.45, 7) is 4.63. The van der Waals surface area contributed by atoms with E-state index >= 15 is 0 Å². The highest BCUT2D eigenvalue weighted by Crippen LogP contribution is 2.37. The molecule has 0 spiro atoms. The van der Waals surface area contributed by atoms with E-state index < -0.39 is 0 Å². The Bertz CT molecular complexity index is 261. The fourth-order valence-corrected chi connectivity index (χ4v) is 2.39. The van der Waals surface area contributed by atoms with Gasteiger partial charge in [-0.05, 0) is 37.5 Å². The Labute approximate surface area is 84.9 Å². The van der Waals surface area contributed by atoms with Gasteiger partial charge in [-0.25, -0.2) is 0 Å². The Hall–Kier alpha value is -0.860. The molecule has 3 heteroatoms. The molecule has 78 valence electrons. The van der Waals surface area contributed by atoms with Crippen molar-refractivity contribution in [2.45, 2.75) is 45.4 Å². The van der Waals surface area contributed by atoms with E-state index in [4.69, 9.17) is 4.42 Å². The number of rotatable bonds is 2. The molecule has 0 amide bonds. The third kappa shape index (κ3) is 1.97. The number of aromatic nitrogens is 2. The summed E-state index contributed by atoms with van der Waals surface area (Å²) in [7, 11) is 0. The molecule has 0 N–H and O–H groups in total. The van der Waals surface area contributed by atoms with E-state index in [1.165, 1.54) is 32.1 Å². The van der Waals surface area contributed by atoms with Crippen molar-refractivity contribution >= 4 is 0 Å². The van der Waals surface area contributed by atoms with Crippen molar-refractivity contribution in [3.05, 3.63) is 12.3 Å². The van der Waals surface area contributed by atoms with Gasteiger partial charge in [0, 0.05) is 5.92 Å². The smallest absolute Gasteiger partial charge is 0.219 e. The fourth-order valence-electron chi connectivity index (χ4n) is 2.39. The molecule has 3 nitrogen and oxygen atoms in total. The topological polar surface area (TPSA) is 38.9 Å². The van der Waals surface area contributed by atoms with Crippen molar-refractivity contribution in [1.29, 1.82) is 0 Å². The van der Waals surface area contributed by atoms with Gasteiger partial charge in [-0.1, -0.05) is 13.8 Å². The first-order chi connectivity index (χ1) is 6.77. The van der Waals surface area contributed by atoms with Crippen molar-refractivity contribution in [3.8, 4) is 0 Å². The Kier molecular flexibility index (Phi) is 2.85. The molecule has 0 saturated heterocycles. The lowest BCUT2D eigenvalue weighted by molar-refractivity contribution is 0.241. The Morgan fingerprint density at radius 3 is 2.50 bits per heavy atom. The standard InChI is InChI=1S/C11H18N2O/c1-8(2)9-3-5-10(6-4-9)11-13-12-7-14-11/h7-10H,3-6H2,1-2H3. The molecule has 1 saturated carbocycles. The van der Waals surface area contributed by atoms with Crippen molar-refractivity contribution in [1.82, 2.24) is 10.2 Å². The summed E-state index contributed by atoms with van der Waals surface area (Å²) >= 11 is 0. The van der Waals surface area contributed by atoms with E-state index in [0.29, 0.717) is 5.92 Å². The molecular formula is C11H18N2O. The summed E-state index contributed by atoms with van der Waals surface area (Å²) in [5, 5.41) is 7.73. The summed E-state index contributed by atoms with van der Waals surface area (Å²) < 4.78 is 5.25. The van der Waals surface area contributed by atoms with Gasteiger partial charge >= 0.3 is 0 Å². The Balaban J connectivity index is 1.90. The minimum absolute atomic E-state index is 0.521. The molecule has 0 unspecified atom stereocenters. The molecule has 0 aliphatic heterocycles. The third-order valence-electron chi connectivity index (χ3n) is 3.44. The van der Waals surface area contributed by atoms with Crippen LogP contribution in [0.1, 0.15) is 51.3 Å². The molecule has 0 aromatic carbocycles. The molecule has 2 rings (SSSR count). The largest absolute Gasteiger partial charge is 0.428 e. The average molecular weight is 194 g/mol. The fraction of sp³-hybridized carbons (Fsp3) is 0.818. The van der Waals surface area contributed by atoms with E-state index in [2.05, 4.69) is 24.0 Å². The first kappa shape index (κ1) is 9.69. The summed E-state index contributed by atoms with van der Waals surface area (Å²) in [5.41, 5.74) is 0. The summed E-state index contributed by atoms with van der Waals surface area (Å²) in [6, 6.07) is 0. The van der Waals surface area contributed by atoms with Gasteiger partial charge in [0.1, 0.15) is 0 Å². The highest BCUT2D eigenvalue weighted by Gasteiger charge is 2.26. The van der Waals surface area contributed by atoms with Crippen LogP contribution in [0.25, 0.3) is 0 Å². The van der Waals surface area contributed by atoms with Gasteiger partial charge in [-0.2, -0.15) is 0 Å². The summed E-state index contributed by atoms with van der Waals surface area (Å²) in [4.78, 5) is 0. The molecule has 1 aromatic heterocycles. The number of hydrogen-bond acceptors (Lipinski definition) is 3.